The first-order valence-corrected chi connectivity index (χ1v) is 7.61. The Morgan fingerprint density at radius 1 is 1.24 bits per heavy atom. The van der Waals surface area contributed by atoms with Gasteiger partial charge in [-0.2, -0.15) is 0 Å². The van der Waals surface area contributed by atoms with Gasteiger partial charge < -0.3 is 14.4 Å². The number of hydrogen-bond acceptors (Lipinski definition) is 3. The Balaban J connectivity index is 1.86. The fourth-order valence-electron chi connectivity index (χ4n) is 2.57. The standard InChI is InChI=1S/C17H25NO3/c1-12(2)15-5-7-16(8-6-15)20-11-17(19)18-9-13(3)21-14(4)10-18/h5-8,12-14H,9-11H2,1-4H3/t13-,14-/m0/s1. The summed E-state index contributed by atoms with van der Waals surface area (Å²) in [5.74, 6) is 1.25. The molecule has 0 unspecified atom stereocenters. The van der Waals surface area contributed by atoms with Crippen LogP contribution in [0.1, 0.15) is 39.2 Å². The summed E-state index contributed by atoms with van der Waals surface area (Å²) in [5, 5.41) is 0. The first-order valence-electron chi connectivity index (χ1n) is 7.61. The summed E-state index contributed by atoms with van der Waals surface area (Å²) in [6.45, 7) is 9.64. The van der Waals surface area contributed by atoms with E-state index in [1.807, 2.05) is 43.0 Å². The van der Waals surface area contributed by atoms with Crippen molar-refractivity contribution in [1.29, 1.82) is 0 Å². The first kappa shape index (κ1) is 15.8. The van der Waals surface area contributed by atoms with Crippen LogP contribution in [-0.4, -0.2) is 42.7 Å². The van der Waals surface area contributed by atoms with Crippen molar-refractivity contribution in [3.63, 3.8) is 0 Å². The SMILES string of the molecule is CC(C)c1ccc(OCC(=O)N2C[C@H](C)O[C@@H](C)C2)cc1. The quantitative estimate of drug-likeness (QED) is 0.856. The van der Waals surface area contributed by atoms with Crippen molar-refractivity contribution in [2.24, 2.45) is 0 Å². The van der Waals surface area contributed by atoms with Crippen LogP contribution in [0.3, 0.4) is 0 Å². The van der Waals surface area contributed by atoms with Gasteiger partial charge in [-0.3, -0.25) is 4.79 Å². The van der Waals surface area contributed by atoms with Crippen LogP contribution in [0.25, 0.3) is 0 Å². The summed E-state index contributed by atoms with van der Waals surface area (Å²) in [6, 6.07) is 7.94. The molecular formula is C17H25NO3. The number of morpholine rings is 1. The van der Waals surface area contributed by atoms with Crippen LogP contribution in [0.2, 0.25) is 0 Å². The number of carbonyl (C=O) groups is 1. The minimum absolute atomic E-state index is 0.0185. The van der Waals surface area contributed by atoms with E-state index >= 15 is 0 Å². The molecule has 1 aromatic carbocycles. The van der Waals surface area contributed by atoms with Crippen LogP contribution in [0.5, 0.6) is 5.75 Å². The van der Waals surface area contributed by atoms with Crippen LogP contribution in [-0.2, 0) is 9.53 Å². The zero-order valence-electron chi connectivity index (χ0n) is 13.3. The van der Waals surface area contributed by atoms with E-state index in [0.29, 0.717) is 19.0 Å². The minimum Gasteiger partial charge on any atom is -0.484 e. The summed E-state index contributed by atoms with van der Waals surface area (Å²) >= 11 is 0. The van der Waals surface area contributed by atoms with Gasteiger partial charge in [0.25, 0.3) is 5.91 Å². The number of benzene rings is 1. The normalized spacial score (nSPS) is 22.4. The average Bonchev–Trinajstić information content (AvgIpc) is 2.44. The predicted molar refractivity (Wildman–Crippen MR) is 82.6 cm³/mol. The van der Waals surface area contributed by atoms with Gasteiger partial charge in [-0.1, -0.05) is 26.0 Å². The molecule has 1 fully saturated rings. The van der Waals surface area contributed by atoms with Gasteiger partial charge in [-0.25, -0.2) is 0 Å². The number of rotatable bonds is 4. The fourth-order valence-corrected chi connectivity index (χ4v) is 2.57. The molecule has 0 bridgehead atoms. The third-order valence-corrected chi connectivity index (χ3v) is 3.68. The molecule has 21 heavy (non-hydrogen) atoms. The highest BCUT2D eigenvalue weighted by Crippen LogP contribution is 2.19. The molecule has 1 aromatic rings. The summed E-state index contributed by atoms with van der Waals surface area (Å²) in [7, 11) is 0. The zero-order chi connectivity index (χ0) is 15.4. The van der Waals surface area contributed by atoms with Gasteiger partial charge in [-0.15, -0.1) is 0 Å². The molecule has 1 saturated heterocycles. The molecule has 1 amide bonds. The summed E-state index contributed by atoms with van der Waals surface area (Å²) < 4.78 is 11.2. The fraction of sp³-hybridized carbons (Fsp3) is 0.588. The molecule has 0 radical (unpaired) electrons. The zero-order valence-corrected chi connectivity index (χ0v) is 13.3. The lowest BCUT2D eigenvalue weighted by Gasteiger charge is -2.35. The number of carbonyl (C=O) groups excluding carboxylic acids is 1. The maximum absolute atomic E-state index is 12.2. The predicted octanol–water partition coefficient (Wildman–Crippen LogP) is 2.82. The lowest BCUT2D eigenvalue weighted by atomic mass is 10.0. The van der Waals surface area contributed by atoms with E-state index in [4.69, 9.17) is 9.47 Å². The molecule has 0 N–H and O–H groups in total. The number of hydrogen-bond donors (Lipinski definition) is 0. The Bertz CT molecular complexity index is 459. The second-order valence-electron chi connectivity index (χ2n) is 6.07. The highest BCUT2D eigenvalue weighted by molar-refractivity contribution is 5.78. The van der Waals surface area contributed by atoms with Crippen LogP contribution in [0, 0.1) is 0 Å². The van der Waals surface area contributed by atoms with E-state index in [0.717, 1.165) is 5.75 Å². The van der Waals surface area contributed by atoms with E-state index < -0.39 is 0 Å². The molecule has 2 rings (SSSR count). The molecule has 0 aliphatic carbocycles. The minimum atomic E-state index is 0.0185. The number of amides is 1. The maximum atomic E-state index is 12.2. The summed E-state index contributed by atoms with van der Waals surface area (Å²) in [5.41, 5.74) is 1.27. The van der Waals surface area contributed by atoms with Crippen molar-refractivity contribution in [3.05, 3.63) is 29.8 Å². The molecule has 1 heterocycles. The number of ether oxygens (including phenoxy) is 2. The molecule has 4 heteroatoms. The first-order chi connectivity index (χ1) is 9.95. The maximum Gasteiger partial charge on any atom is 0.260 e. The third kappa shape index (κ3) is 4.46. The van der Waals surface area contributed by atoms with Crippen molar-refractivity contribution in [2.45, 2.75) is 45.8 Å². The van der Waals surface area contributed by atoms with Gasteiger partial charge in [0.2, 0.25) is 0 Å². The largest absolute Gasteiger partial charge is 0.484 e. The monoisotopic (exact) mass is 291 g/mol. The van der Waals surface area contributed by atoms with E-state index in [-0.39, 0.29) is 24.7 Å². The van der Waals surface area contributed by atoms with Crippen molar-refractivity contribution >= 4 is 5.91 Å². The van der Waals surface area contributed by atoms with Crippen molar-refractivity contribution in [3.8, 4) is 5.75 Å². The van der Waals surface area contributed by atoms with E-state index in [9.17, 15) is 4.79 Å². The smallest absolute Gasteiger partial charge is 0.260 e. The lowest BCUT2D eigenvalue weighted by Crippen LogP contribution is -2.49. The van der Waals surface area contributed by atoms with Crippen molar-refractivity contribution in [2.75, 3.05) is 19.7 Å². The summed E-state index contributed by atoms with van der Waals surface area (Å²) in [6.07, 6.45) is 0.172. The summed E-state index contributed by atoms with van der Waals surface area (Å²) in [4.78, 5) is 14.0. The van der Waals surface area contributed by atoms with E-state index in [2.05, 4.69) is 13.8 Å². The molecular weight excluding hydrogens is 266 g/mol. The Morgan fingerprint density at radius 3 is 2.33 bits per heavy atom. The second kappa shape index (κ2) is 6.94. The van der Waals surface area contributed by atoms with Gasteiger partial charge in [0.1, 0.15) is 5.75 Å². The van der Waals surface area contributed by atoms with Gasteiger partial charge in [-0.05, 0) is 37.5 Å². The number of nitrogens with zero attached hydrogens (tertiary/aromatic N) is 1. The van der Waals surface area contributed by atoms with Gasteiger partial charge in [0, 0.05) is 13.1 Å². The Kier molecular flexibility index (Phi) is 5.23. The highest BCUT2D eigenvalue weighted by atomic mass is 16.5. The molecule has 0 saturated carbocycles. The Labute approximate surface area is 127 Å². The Hall–Kier alpha value is -1.55. The second-order valence-corrected chi connectivity index (χ2v) is 6.07. The van der Waals surface area contributed by atoms with E-state index in [1.165, 1.54) is 5.56 Å². The van der Waals surface area contributed by atoms with Crippen LogP contribution in [0.4, 0.5) is 0 Å². The van der Waals surface area contributed by atoms with Gasteiger partial charge >= 0.3 is 0 Å². The van der Waals surface area contributed by atoms with Crippen molar-refractivity contribution < 1.29 is 14.3 Å². The molecule has 116 valence electrons. The average molecular weight is 291 g/mol. The highest BCUT2D eigenvalue weighted by Gasteiger charge is 2.25. The third-order valence-electron chi connectivity index (χ3n) is 3.68. The lowest BCUT2D eigenvalue weighted by molar-refractivity contribution is -0.145. The van der Waals surface area contributed by atoms with Crippen LogP contribution < -0.4 is 4.74 Å². The van der Waals surface area contributed by atoms with Crippen LogP contribution in [0.15, 0.2) is 24.3 Å². The van der Waals surface area contributed by atoms with Gasteiger partial charge in [0.05, 0.1) is 12.2 Å². The molecule has 2 atom stereocenters. The molecule has 4 nitrogen and oxygen atoms in total. The molecule has 1 aliphatic heterocycles. The van der Waals surface area contributed by atoms with Crippen molar-refractivity contribution in [1.82, 2.24) is 4.90 Å². The van der Waals surface area contributed by atoms with Crippen LogP contribution >= 0.6 is 0 Å². The van der Waals surface area contributed by atoms with Gasteiger partial charge in [0.15, 0.2) is 6.61 Å². The topological polar surface area (TPSA) is 38.8 Å². The molecule has 1 aliphatic rings. The molecule has 0 spiro atoms. The molecule has 0 aromatic heterocycles. The van der Waals surface area contributed by atoms with E-state index in [1.54, 1.807) is 0 Å². The Morgan fingerprint density at radius 2 is 1.81 bits per heavy atom.